The van der Waals surface area contributed by atoms with Crippen molar-refractivity contribution in [2.45, 2.75) is 13.8 Å². The minimum atomic E-state index is 0.565. The zero-order chi connectivity index (χ0) is 7.11. The lowest BCUT2D eigenvalue weighted by Gasteiger charge is -2.04. The maximum absolute atomic E-state index is 5.16. The van der Waals surface area contributed by atoms with Crippen LogP contribution in [0, 0.1) is 5.92 Å². The maximum atomic E-state index is 5.16. The van der Waals surface area contributed by atoms with Gasteiger partial charge in [0.05, 0.1) is 13.2 Å². The van der Waals surface area contributed by atoms with Gasteiger partial charge in [0, 0.05) is 6.61 Å². The molecule has 3 heteroatoms. The van der Waals surface area contributed by atoms with Crippen molar-refractivity contribution in [3.63, 3.8) is 0 Å². The second-order valence-corrected chi connectivity index (χ2v) is 2.56. The highest BCUT2D eigenvalue weighted by molar-refractivity contribution is 7.75. The van der Waals surface area contributed by atoms with Crippen LogP contribution in [0.25, 0.3) is 0 Å². The lowest BCUT2D eigenvalue weighted by molar-refractivity contribution is 0.0880. The minimum Gasteiger partial charge on any atom is -0.379 e. The van der Waals surface area contributed by atoms with Crippen molar-refractivity contribution in [2.75, 3.05) is 19.8 Å². The van der Waals surface area contributed by atoms with E-state index < -0.39 is 0 Å². The van der Waals surface area contributed by atoms with E-state index in [1.165, 1.54) is 0 Å². The molecule has 0 spiro atoms. The first kappa shape index (κ1) is 9.27. The lowest BCUT2D eigenvalue weighted by atomic mass is 10.2. The molecule has 0 aromatic rings. The van der Waals surface area contributed by atoms with E-state index >= 15 is 0 Å². The molecule has 56 valence electrons. The Morgan fingerprint density at radius 3 is 2.44 bits per heavy atom. The van der Waals surface area contributed by atoms with E-state index in [2.05, 4.69) is 30.9 Å². The Bertz CT molecular complexity index is 57.0. The standard InChI is InChI=1S/C6H14O2S/c1-6(2)5-7-3-4-8-9/h6,9H,3-5H2,1-2H3. The minimum absolute atomic E-state index is 0.565. The SMILES string of the molecule is CC(C)COCCOS. The summed E-state index contributed by atoms with van der Waals surface area (Å²) in [6.07, 6.45) is 0. The zero-order valence-electron chi connectivity index (χ0n) is 5.96. The molecule has 0 unspecified atom stereocenters. The third-order valence-corrected chi connectivity index (χ3v) is 0.953. The van der Waals surface area contributed by atoms with Gasteiger partial charge >= 0.3 is 0 Å². The van der Waals surface area contributed by atoms with Crippen molar-refractivity contribution in [2.24, 2.45) is 5.92 Å². The van der Waals surface area contributed by atoms with Crippen molar-refractivity contribution in [3.05, 3.63) is 0 Å². The van der Waals surface area contributed by atoms with Gasteiger partial charge in [0.15, 0.2) is 0 Å². The van der Waals surface area contributed by atoms with Crippen LogP contribution in [-0.4, -0.2) is 19.8 Å². The van der Waals surface area contributed by atoms with E-state index in [1.807, 2.05) is 0 Å². The Morgan fingerprint density at radius 1 is 1.33 bits per heavy atom. The normalized spacial score (nSPS) is 10.7. The summed E-state index contributed by atoms with van der Waals surface area (Å²) in [5, 5.41) is 0. The van der Waals surface area contributed by atoms with Crippen molar-refractivity contribution < 1.29 is 8.92 Å². The van der Waals surface area contributed by atoms with Gasteiger partial charge in [0.2, 0.25) is 0 Å². The highest BCUT2D eigenvalue weighted by atomic mass is 32.1. The first-order chi connectivity index (χ1) is 4.27. The molecule has 0 aliphatic heterocycles. The summed E-state index contributed by atoms with van der Waals surface area (Å²) in [6.45, 7) is 6.23. The fourth-order valence-electron chi connectivity index (χ4n) is 0.415. The molecule has 2 nitrogen and oxygen atoms in total. The monoisotopic (exact) mass is 150 g/mol. The molecule has 0 rings (SSSR count). The molecule has 0 saturated carbocycles. The molecule has 0 amide bonds. The molecule has 0 aliphatic carbocycles. The van der Waals surface area contributed by atoms with Gasteiger partial charge < -0.3 is 8.92 Å². The fourth-order valence-corrected chi connectivity index (χ4v) is 0.490. The van der Waals surface area contributed by atoms with E-state index in [0.717, 1.165) is 6.61 Å². The Kier molecular flexibility index (Phi) is 6.58. The molecule has 0 radical (unpaired) electrons. The molecule has 0 N–H and O–H groups in total. The van der Waals surface area contributed by atoms with Crippen LogP contribution in [0.1, 0.15) is 13.8 Å². The van der Waals surface area contributed by atoms with Crippen molar-refractivity contribution in [1.29, 1.82) is 0 Å². The fraction of sp³-hybridized carbons (Fsp3) is 1.00. The quantitative estimate of drug-likeness (QED) is 0.364. The summed E-state index contributed by atoms with van der Waals surface area (Å²) in [6, 6.07) is 0. The number of rotatable bonds is 5. The van der Waals surface area contributed by atoms with Crippen LogP contribution in [0.3, 0.4) is 0 Å². The lowest BCUT2D eigenvalue weighted by Crippen LogP contribution is -2.05. The predicted molar refractivity (Wildman–Crippen MR) is 40.6 cm³/mol. The smallest absolute Gasteiger partial charge is 0.0844 e. The third kappa shape index (κ3) is 8.27. The molecular weight excluding hydrogens is 136 g/mol. The number of hydrogen-bond donors (Lipinski definition) is 1. The summed E-state index contributed by atoms with van der Waals surface area (Å²) in [5.74, 6) is 0.602. The van der Waals surface area contributed by atoms with E-state index in [9.17, 15) is 0 Å². The van der Waals surface area contributed by atoms with Gasteiger partial charge in [0.1, 0.15) is 0 Å². The van der Waals surface area contributed by atoms with Gasteiger partial charge in [-0.2, -0.15) is 0 Å². The Labute approximate surface area is 62.2 Å². The topological polar surface area (TPSA) is 18.5 Å². The molecule has 0 aromatic carbocycles. The number of thiol groups is 1. The Hall–Kier alpha value is 0.270. The number of ether oxygens (including phenoxy) is 1. The van der Waals surface area contributed by atoms with E-state index in [-0.39, 0.29) is 0 Å². The second-order valence-electron chi connectivity index (χ2n) is 2.30. The highest BCUT2D eigenvalue weighted by Crippen LogP contribution is 1.91. The van der Waals surface area contributed by atoms with E-state index in [4.69, 9.17) is 4.74 Å². The van der Waals surface area contributed by atoms with Crippen LogP contribution in [0.2, 0.25) is 0 Å². The van der Waals surface area contributed by atoms with Gasteiger partial charge in [-0.25, -0.2) is 0 Å². The molecular formula is C6H14O2S. The largest absolute Gasteiger partial charge is 0.379 e. The van der Waals surface area contributed by atoms with Gasteiger partial charge in [0.25, 0.3) is 0 Å². The average molecular weight is 150 g/mol. The summed E-state index contributed by atoms with van der Waals surface area (Å²) in [4.78, 5) is 0. The maximum Gasteiger partial charge on any atom is 0.0844 e. The van der Waals surface area contributed by atoms with Gasteiger partial charge in [-0.3, -0.25) is 0 Å². The molecule has 9 heavy (non-hydrogen) atoms. The van der Waals surface area contributed by atoms with Crippen LogP contribution in [-0.2, 0) is 8.92 Å². The first-order valence-corrected chi connectivity index (χ1v) is 3.48. The van der Waals surface area contributed by atoms with Crippen LogP contribution >= 0.6 is 12.9 Å². The van der Waals surface area contributed by atoms with Crippen LogP contribution in [0.5, 0.6) is 0 Å². The molecule has 0 aliphatic rings. The van der Waals surface area contributed by atoms with Gasteiger partial charge in [-0.1, -0.05) is 13.8 Å². The molecule has 0 heterocycles. The molecule has 0 atom stereocenters. The predicted octanol–water partition coefficient (Wildman–Crippen LogP) is 1.52. The van der Waals surface area contributed by atoms with Crippen LogP contribution in [0.15, 0.2) is 0 Å². The first-order valence-electron chi connectivity index (χ1n) is 3.11. The van der Waals surface area contributed by atoms with Crippen molar-refractivity contribution >= 4 is 12.9 Å². The summed E-state index contributed by atoms with van der Waals surface area (Å²) in [5.41, 5.74) is 0. The Balaban J connectivity index is 2.75. The molecule has 0 saturated heterocycles. The van der Waals surface area contributed by atoms with E-state index in [1.54, 1.807) is 0 Å². The summed E-state index contributed by atoms with van der Waals surface area (Å²) in [7, 11) is 0. The van der Waals surface area contributed by atoms with Crippen molar-refractivity contribution in [1.82, 2.24) is 0 Å². The molecule has 0 fully saturated rings. The van der Waals surface area contributed by atoms with E-state index in [0.29, 0.717) is 19.1 Å². The molecule has 0 bridgehead atoms. The highest BCUT2D eigenvalue weighted by Gasteiger charge is 1.91. The second kappa shape index (κ2) is 6.39. The summed E-state index contributed by atoms with van der Waals surface area (Å²) >= 11 is 3.57. The van der Waals surface area contributed by atoms with Crippen molar-refractivity contribution in [3.8, 4) is 0 Å². The van der Waals surface area contributed by atoms with Gasteiger partial charge in [-0.05, 0) is 18.8 Å². The van der Waals surface area contributed by atoms with Crippen LogP contribution in [0.4, 0.5) is 0 Å². The zero-order valence-corrected chi connectivity index (χ0v) is 6.86. The summed E-state index contributed by atoms with van der Waals surface area (Å²) < 4.78 is 9.65. The Morgan fingerprint density at radius 2 is 2.00 bits per heavy atom. The third-order valence-electron chi connectivity index (χ3n) is 0.770. The molecule has 0 aromatic heterocycles. The average Bonchev–Trinajstić information content (AvgIpc) is 1.80. The van der Waals surface area contributed by atoms with Gasteiger partial charge in [-0.15, -0.1) is 0 Å². The van der Waals surface area contributed by atoms with Crippen LogP contribution < -0.4 is 0 Å². The number of hydrogen-bond acceptors (Lipinski definition) is 3.